The van der Waals surface area contributed by atoms with Crippen molar-refractivity contribution in [3.63, 3.8) is 0 Å². The summed E-state index contributed by atoms with van der Waals surface area (Å²) in [4.78, 5) is 14.7. The molecule has 0 unspecified atom stereocenters. The first-order valence-corrected chi connectivity index (χ1v) is 8.79. The Morgan fingerprint density at radius 1 is 1.48 bits per heavy atom. The van der Waals surface area contributed by atoms with Crippen LogP contribution in [0.4, 0.5) is 0 Å². The number of likely N-dealkylation sites (tertiary alicyclic amines) is 1. The number of hydrogen-bond acceptors (Lipinski definition) is 6. The molecule has 0 N–H and O–H groups in total. The van der Waals surface area contributed by atoms with Crippen molar-refractivity contribution in [1.82, 2.24) is 19.8 Å². The average Bonchev–Trinajstić information content (AvgIpc) is 3.28. The second-order valence-electron chi connectivity index (χ2n) is 7.07. The van der Waals surface area contributed by atoms with Gasteiger partial charge in [-0.15, -0.1) is 0 Å². The molecule has 2 aromatic rings. The molecule has 7 nitrogen and oxygen atoms in total. The van der Waals surface area contributed by atoms with Crippen LogP contribution in [0, 0.1) is 11.3 Å². The highest BCUT2D eigenvalue weighted by molar-refractivity contribution is 5.78. The lowest BCUT2D eigenvalue weighted by atomic mass is 9.76. The number of carbonyl (C=O) groups excluding carboxylic acids is 1. The van der Waals surface area contributed by atoms with Crippen LogP contribution in [0.15, 0.2) is 23.0 Å². The first kappa shape index (κ1) is 17.7. The van der Waals surface area contributed by atoms with E-state index >= 15 is 0 Å². The predicted molar refractivity (Wildman–Crippen MR) is 92.5 cm³/mol. The summed E-state index contributed by atoms with van der Waals surface area (Å²) < 4.78 is 12.6. The van der Waals surface area contributed by atoms with E-state index in [4.69, 9.17) is 9.26 Å². The van der Waals surface area contributed by atoms with E-state index < -0.39 is 5.41 Å². The molecule has 25 heavy (non-hydrogen) atoms. The van der Waals surface area contributed by atoms with Crippen molar-refractivity contribution in [2.45, 2.75) is 33.7 Å². The summed E-state index contributed by atoms with van der Waals surface area (Å²) in [5.74, 6) is 0.945. The Labute approximate surface area is 147 Å². The zero-order valence-electron chi connectivity index (χ0n) is 15.4. The number of nitrogens with zero attached hydrogens (tertiary/aromatic N) is 4. The molecule has 0 amide bonds. The highest BCUT2D eigenvalue weighted by atomic mass is 16.5. The molecule has 1 aliphatic rings. The molecule has 136 valence electrons. The van der Waals surface area contributed by atoms with Crippen molar-refractivity contribution in [3.05, 3.63) is 24.2 Å². The van der Waals surface area contributed by atoms with Gasteiger partial charge in [0.15, 0.2) is 5.76 Å². The normalized spacial score (nSPS) is 21.2. The van der Waals surface area contributed by atoms with Gasteiger partial charge in [-0.25, -0.2) is 0 Å². The minimum atomic E-state index is -0.428. The molecule has 2 aromatic heterocycles. The molecule has 0 radical (unpaired) electrons. The zero-order valence-corrected chi connectivity index (χ0v) is 15.4. The molecule has 1 fully saturated rings. The second kappa shape index (κ2) is 7.00. The minimum Gasteiger partial charge on any atom is -0.466 e. The smallest absolute Gasteiger partial charge is 0.313 e. The zero-order chi connectivity index (χ0) is 18.0. The minimum absolute atomic E-state index is 0.0823. The molecule has 3 heterocycles. The molecule has 0 spiro atoms. The summed E-state index contributed by atoms with van der Waals surface area (Å²) in [6.45, 7) is 8.63. The number of ether oxygens (including phenoxy) is 1. The van der Waals surface area contributed by atoms with Crippen LogP contribution >= 0.6 is 0 Å². The highest BCUT2D eigenvalue weighted by Crippen LogP contribution is 2.39. The average molecular weight is 346 g/mol. The Morgan fingerprint density at radius 2 is 2.28 bits per heavy atom. The maximum absolute atomic E-state index is 12.5. The van der Waals surface area contributed by atoms with Gasteiger partial charge in [0.05, 0.1) is 24.8 Å². The monoisotopic (exact) mass is 346 g/mol. The Balaban J connectivity index is 1.68. The van der Waals surface area contributed by atoms with Crippen molar-refractivity contribution in [1.29, 1.82) is 0 Å². The van der Waals surface area contributed by atoms with E-state index in [1.165, 1.54) is 0 Å². The Bertz CT molecular complexity index is 736. The fourth-order valence-electron chi connectivity index (χ4n) is 3.50. The number of carbonyl (C=O) groups is 1. The Morgan fingerprint density at radius 3 is 2.92 bits per heavy atom. The molecule has 1 saturated heterocycles. The molecule has 0 bridgehead atoms. The topological polar surface area (TPSA) is 73.4 Å². The van der Waals surface area contributed by atoms with E-state index in [1.54, 1.807) is 10.9 Å². The van der Waals surface area contributed by atoms with Crippen molar-refractivity contribution in [3.8, 4) is 11.3 Å². The first-order valence-electron chi connectivity index (χ1n) is 8.79. The molecule has 0 aromatic carbocycles. The number of aryl methyl sites for hydroxylation is 1. The van der Waals surface area contributed by atoms with Gasteiger partial charge < -0.3 is 9.26 Å². The van der Waals surface area contributed by atoms with Crippen LogP contribution in [-0.2, 0) is 23.1 Å². The molecular formula is C18H26N4O3. The molecule has 0 aliphatic carbocycles. The Hall–Kier alpha value is -2.15. The van der Waals surface area contributed by atoms with Gasteiger partial charge in [0, 0.05) is 31.4 Å². The van der Waals surface area contributed by atoms with E-state index in [9.17, 15) is 4.79 Å². The molecule has 7 heteroatoms. The van der Waals surface area contributed by atoms with Gasteiger partial charge in [-0.3, -0.25) is 14.4 Å². The van der Waals surface area contributed by atoms with E-state index in [0.717, 1.165) is 30.0 Å². The summed E-state index contributed by atoms with van der Waals surface area (Å²) in [6.07, 6.45) is 4.48. The lowest BCUT2D eigenvalue weighted by molar-refractivity contribution is -0.157. The van der Waals surface area contributed by atoms with Crippen LogP contribution in [0.5, 0.6) is 0 Å². The summed E-state index contributed by atoms with van der Waals surface area (Å²) in [6, 6.07) is 1.94. The van der Waals surface area contributed by atoms with Crippen LogP contribution in [0.25, 0.3) is 11.3 Å². The first-order chi connectivity index (χ1) is 11.9. The van der Waals surface area contributed by atoms with Crippen LogP contribution in [0.2, 0.25) is 0 Å². The highest BCUT2D eigenvalue weighted by Gasteiger charge is 2.48. The molecule has 1 aliphatic heterocycles. The second-order valence-corrected chi connectivity index (χ2v) is 7.07. The maximum atomic E-state index is 12.5. The predicted octanol–water partition coefficient (Wildman–Crippen LogP) is 2.49. The van der Waals surface area contributed by atoms with Gasteiger partial charge in [0.25, 0.3) is 0 Å². The summed E-state index contributed by atoms with van der Waals surface area (Å²) >= 11 is 0. The van der Waals surface area contributed by atoms with Gasteiger partial charge >= 0.3 is 5.97 Å². The number of aromatic nitrogens is 3. The third-order valence-electron chi connectivity index (χ3n) is 5.11. The van der Waals surface area contributed by atoms with E-state index in [1.807, 2.05) is 26.2 Å². The van der Waals surface area contributed by atoms with Gasteiger partial charge in [-0.1, -0.05) is 19.0 Å². The van der Waals surface area contributed by atoms with E-state index in [-0.39, 0.29) is 11.9 Å². The fraction of sp³-hybridized carbons (Fsp3) is 0.611. The summed E-state index contributed by atoms with van der Waals surface area (Å²) in [5, 5.41) is 8.29. The van der Waals surface area contributed by atoms with Crippen LogP contribution in [0.3, 0.4) is 0 Å². The quantitative estimate of drug-likeness (QED) is 0.748. The lowest BCUT2D eigenvalue weighted by Gasteiger charge is -2.30. The fourth-order valence-corrected chi connectivity index (χ4v) is 3.50. The Kier molecular flexibility index (Phi) is 4.94. The maximum Gasteiger partial charge on any atom is 0.313 e. The van der Waals surface area contributed by atoms with E-state index in [0.29, 0.717) is 19.7 Å². The van der Waals surface area contributed by atoms with Crippen molar-refractivity contribution in [2.75, 3.05) is 19.7 Å². The summed E-state index contributed by atoms with van der Waals surface area (Å²) in [5.41, 5.74) is 1.28. The van der Waals surface area contributed by atoms with Crippen LogP contribution in [-0.4, -0.2) is 45.5 Å². The largest absolute Gasteiger partial charge is 0.466 e. The molecule has 0 saturated carbocycles. The molecular weight excluding hydrogens is 320 g/mol. The number of hydrogen-bond donors (Lipinski definition) is 0. The lowest BCUT2D eigenvalue weighted by Crippen LogP contribution is -2.40. The van der Waals surface area contributed by atoms with Crippen molar-refractivity contribution >= 4 is 5.97 Å². The van der Waals surface area contributed by atoms with Gasteiger partial charge in [0.1, 0.15) is 5.69 Å². The van der Waals surface area contributed by atoms with Gasteiger partial charge in [-0.05, 0) is 25.8 Å². The van der Waals surface area contributed by atoms with Gasteiger partial charge in [-0.2, -0.15) is 5.10 Å². The van der Waals surface area contributed by atoms with Crippen LogP contribution in [0.1, 0.15) is 33.0 Å². The number of esters is 1. The third-order valence-corrected chi connectivity index (χ3v) is 5.11. The van der Waals surface area contributed by atoms with Gasteiger partial charge in [0.2, 0.25) is 0 Å². The van der Waals surface area contributed by atoms with Crippen LogP contribution < -0.4 is 0 Å². The van der Waals surface area contributed by atoms with Crippen molar-refractivity contribution in [2.24, 2.45) is 18.4 Å². The SMILES string of the molecule is CCOC(=O)[C@@]1(C(C)C)CCN(Cc2cc(-c3cnn(C)c3)no2)C1. The number of rotatable bonds is 6. The van der Waals surface area contributed by atoms with Crippen molar-refractivity contribution < 1.29 is 14.1 Å². The van der Waals surface area contributed by atoms with E-state index in [2.05, 4.69) is 29.0 Å². The summed E-state index contributed by atoms with van der Waals surface area (Å²) in [7, 11) is 1.87. The standard InChI is InChI=1S/C18H26N4O3/c1-5-24-17(23)18(13(2)3)6-7-22(12-18)11-15-8-16(20-25-15)14-9-19-21(4)10-14/h8-10,13H,5-7,11-12H2,1-4H3/t18-/m0/s1. The third kappa shape index (κ3) is 3.46. The molecule has 3 rings (SSSR count). The molecule has 1 atom stereocenters.